The summed E-state index contributed by atoms with van der Waals surface area (Å²) in [5, 5.41) is 4.64. The molecule has 1 aromatic heterocycles. The van der Waals surface area contributed by atoms with Crippen LogP contribution >= 0.6 is 27.3 Å². The normalized spacial score (nSPS) is 9.95. The van der Waals surface area contributed by atoms with Crippen LogP contribution in [0.5, 0.6) is 0 Å². The van der Waals surface area contributed by atoms with Crippen molar-refractivity contribution in [3.05, 3.63) is 46.5 Å². The number of carbonyl (C=O) groups is 2. The Kier molecular flexibility index (Phi) is 4.71. The number of benzene rings is 1. The summed E-state index contributed by atoms with van der Waals surface area (Å²) < 4.78 is 5.33. The molecule has 2 aromatic rings. The summed E-state index contributed by atoms with van der Waals surface area (Å²) in [6, 6.07) is 7.61. The zero-order valence-corrected chi connectivity index (χ0v) is 13.0. The number of anilines is 1. The molecule has 0 atom stereocenters. The van der Waals surface area contributed by atoms with E-state index in [1.807, 2.05) is 24.3 Å². The monoisotopic (exact) mass is 367 g/mol. The second-order valence-corrected chi connectivity index (χ2v) is 5.62. The topological polar surface area (TPSA) is 94.3 Å². The highest BCUT2D eigenvalue weighted by Crippen LogP contribution is 2.27. The Morgan fingerprint density at radius 2 is 2.19 bits per heavy atom. The van der Waals surface area contributed by atoms with Crippen LogP contribution in [0, 0.1) is 0 Å². The molecule has 0 spiro atoms. The van der Waals surface area contributed by atoms with E-state index >= 15 is 0 Å². The van der Waals surface area contributed by atoms with Crippen LogP contribution in [0.3, 0.4) is 0 Å². The van der Waals surface area contributed by atoms with E-state index in [1.165, 1.54) is 11.3 Å². The Balaban J connectivity index is 2.08. The fourth-order valence-corrected chi connectivity index (χ4v) is 2.56. The summed E-state index contributed by atoms with van der Waals surface area (Å²) in [6.45, 7) is 3.30. The molecule has 21 heavy (non-hydrogen) atoms. The van der Waals surface area contributed by atoms with E-state index in [2.05, 4.69) is 37.5 Å². The fourth-order valence-electron chi connectivity index (χ4n) is 1.45. The lowest BCUT2D eigenvalue weighted by Crippen LogP contribution is -2.21. The standard InChI is InChI=1S/C13H10BrN3O3S/c1-7(20-12(15)19)11(18)17-13-16-10(6-21-13)8-3-2-4-9(14)5-8/h2-6H,1H2,(H2,15,19)(H,16,17,18). The van der Waals surface area contributed by atoms with E-state index < -0.39 is 12.0 Å². The van der Waals surface area contributed by atoms with Crippen LogP contribution in [0.1, 0.15) is 0 Å². The highest BCUT2D eigenvalue weighted by Gasteiger charge is 2.13. The Hall–Kier alpha value is -2.19. The van der Waals surface area contributed by atoms with Crippen LogP contribution < -0.4 is 11.1 Å². The number of aromatic nitrogens is 1. The van der Waals surface area contributed by atoms with Gasteiger partial charge >= 0.3 is 6.09 Å². The van der Waals surface area contributed by atoms with Crippen LogP contribution in [0.2, 0.25) is 0 Å². The smallest absolute Gasteiger partial charge is 0.405 e. The second-order valence-electron chi connectivity index (χ2n) is 3.85. The van der Waals surface area contributed by atoms with Crippen LogP contribution in [-0.2, 0) is 9.53 Å². The molecule has 0 fully saturated rings. The van der Waals surface area contributed by atoms with Crippen molar-refractivity contribution in [1.29, 1.82) is 0 Å². The van der Waals surface area contributed by atoms with Crippen LogP contribution in [-0.4, -0.2) is 17.0 Å². The average molecular weight is 368 g/mol. The van der Waals surface area contributed by atoms with Crippen molar-refractivity contribution in [1.82, 2.24) is 4.98 Å². The van der Waals surface area contributed by atoms with Crippen LogP contribution in [0.15, 0.2) is 46.5 Å². The summed E-state index contributed by atoms with van der Waals surface area (Å²) >= 11 is 4.63. The highest BCUT2D eigenvalue weighted by atomic mass is 79.9. The number of nitrogens with two attached hydrogens (primary N) is 1. The molecule has 0 aliphatic heterocycles. The van der Waals surface area contributed by atoms with Crippen molar-refractivity contribution >= 4 is 44.4 Å². The van der Waals surface area contributed by atoms with Gasteiger partial charge in [0.2, 0.25) is 0 Å². The molecule has 0 aliphatic rings. The van der Waals surface area contributed by atoms with E-state index in [4.69, 9.17) is 5.73 Å². The number of carbonyl (C=O) groups excluding carboxylic acids is 2. The molecule has 1 aromatic carbocycles. The highest BCUT2D eigenvalue weighted by molar-refractivity contribution is 9.10. The molecule has 8 heteroatoms. The summed E-state index contributed by atoms with van der Waals surface area (Å²) in [6.07, 6.45) is -1.09. The lowest BCUT2D eigenvalue weighted by Gasteiger charge is -2.03. The number of halogens is 1. The molecule has 6 nitrogen and oxygen atoms in total. The fraction of sp³-hybridized carbons (Fsp3) is 0. The van der Waals surface area contributed by atoms with Gasteiger partial charge in [-0.2, -0.15) is 0 Å². The maximum Gasteiger partial charge on any atom is 0.410 e. The van der Waals surface area contributed by atoms with Gasteiger partial charge in [-0.1, -0.05) is 28.1 Å². The Morgan fingerprint density at radius 3 is 2.86 bits per heavy atom. The van der Waals surface area contributed by atoms with Gasteiger partial charge in [0, 0.05) is 15.4 Å². The number of hydrogen-bond acceptors (Lipinski definition) is 5. The van der Waals surface area contributed by atoms with E-state index in [1.54, 1.807) is 5.38 Å². The van der Waals surface area contributed by atoms with Gasteiger partial charge in [0.25, 0.3) is 5.91 Å². The van der Waals surface area contributed by atoms with Gasteiger partial charge in [0.15, 0.2) is 10.9 Å². The summed E-state index contributed by atoms with van der Waals surface area (Å²) in [5.41, 5.74) is 6.43. The van der Waals surface area contributed by atoms with Crippen molar-refractivity contribution in [3.8, 4) is 11.3 Å². The molecule has 0 bridgehead atoms. The van der Waals surface area contributed by atoms with Crippen molar-refractivity contribution < 1.29 is 14.3 Å². The predicted molar refractivity (Wildman–Crippen MR) is 83.7 cm³/mol. The SMILES string of the molecule is C=C(OC(N)=O)C(=O)Nc1nc(-c2cccc(Br)c2)cs1. The second kappa shape index (κ2) is 6.51. The van der Waals surface area contributed by atoms with Crippen molar-refractivity contribution in [2.45, 2.75) is 0 Å². The van der Waals surface area contributed by atoms with E-state index in [0.717, 1.165) is 15.7 Å². The minimum Gasteiger partial charge on any atom is -0.405 e. The molecular weight excluding hydrogens is 358 g/mol. The molecule has 0 unspecified atom stereocenters. The maximum absolute atomic E-state index is 11.7. The number of rotatable bonds is 4. The largest absolute Gasteiger partial charge is 0.410 e. The first-order valence-electron chi connectivity index (χ1n) is 5.64. The number of primary amides is 1. The Bertz CT molecular complexity index is 714. The van der Waals surface area contributed by atoms with Crippen LogP contribution in [0.25, 0.3) is 11.3 Å². The summed E-state index contributed by atoms with van der Waals surface area (Å²) in [5.74, 6) is -1.06. The minimum atomic E-state index is -1.09. The molecular formula is C13H10BrN3O3S. The Morgan fingerprint density at radius 1 is 1.43 bits per heavy atom. The van der Waals surface area contributed by atoms with E-state index in [0.29, 0.717) is 5.13 Å². The van der Waals surface area contributed by atoms with Gasteiger partial charge < -0.3 is 10.5 Å². The predicted octanol–water partition coefficient (Wildman–Crippen LogP) is 3.12. The van der Waals surface area contributed by atoms with E-state index in [-0.39, 0.29) is 5.76 Å². The molecule has 108 valence electrons. The van der Waals surface area contributed by atoms with Gasteiger partial charge in [-0.05, 0) is 18.7 Å². The number of ether oxygens (including phenoxy) is 1. The average Bonchev–Trinajstić information content (AvgIpc) is 2.86. The first kappa shape index (κ1) is 15.2. The molecule has 0 saturated heterocycles. The lowest BCUT2D eigenvalue weighted by atomic mass is 10.2. The number of hydrogen-bond donors (Lipinski definition) is 2. The number of amides is 2. The molecule has 0 radical (unpaired) electrons. The quantitative estimate of drug-likeness (QED) is 0.640. The van der Waals surface area contributed by atoms with Gasteiger partial charge in [0.1, 0.15) is 0 Å². The lowest BCUT2D eigenvalue weighted by molar-refractivity contribution is -0.115. The Labute approximate surface area is 132 Å². The summed E-state index contributed by atoms with van der Waals surface area (Å²) in [4.78, 5) is 26.5. The van der Waals surface area contributed by atoms with Gasteiger partial charge in [-0.15, -0.1) is 11.3 Å². The third-order valence-electron chi connectivity index (χ3n) is 2.32. The number of nitrogens with zero attached hydrogens (tertiary/aromatic N) is 1. The maximum atomic E-state index is 11.7. The number of thiazole rings is 1. The van der Waals surface area contributed by atoms with Gasteiger partial charge in [-0.3, -0.25) is 10.1 Å². The van der Waals surface area contributed by atoms with Crippen LogP contribution in [0.4, 0.5) is 9.93 Å². The van der Waals surface area contributed by atoms with Crippen molar-refractivity contribution in [2.24, 2.45) is 5.73 Å². The molecule has 3 N–H and O–H groups in total. The summed E-state index contributed by atoms with van der Waals surface area (Å²) in [7, 11) is 0. The third kappa shape index (κ3) is 4.14. The van der Waals surface area contributed by atoms with Crippen molar-refractivity contribution in [3.63, 3.8) is 0 Å². The first-order chi connectivity index (χ1) is 9.95. The van der Waals surface area contributed by atoms with Gasteiger partial charge in [-0.25, -0.2) is 9.78 Å². The molecule has 0 saturated carbocycles. The molecule has 1 heterocycles. The van der Waals surface area contributed by atoms with Gasteiger partial charge in [0.05, 0.1) is 5.69 Å². The number of nitrogens with one attached hydrogen (secondary N) is 1. The zero-order chi connectivity index (χ0) is 15.4. The first-order valence-corrected chi connectivity index (χ1v) is 7.32. The molecule has 2 rings (SSSR count). The molecule has 0 aliphatic carbocycles. The van der Waals surface area contributed by atoms with E-state index in [9.17, 15) is 9.59 Å². The van der Waals surface area contributed by atoms with Crippen molar-refractivity contribution in [2.75, 3.05) is 5.32 Å². The molecule has 2 amide bonds. The third-order valence-corrected chi connectivity index (χ3v) is 3.57. The zero-order valence-electron chi connectivity index (χ0n) is 10.6. The minimum absolute atomic E-state index is 0.365.